The molecule has 0 aromatic rings. The van der Waals surface area contributed by atoms with Crippen molar-refractivity contribution in [1.82, 2.24) is 0 Å². The van der Waals surface area contributed by atoms with Crippen molar-refractivity contribution in [2.24, 2.45) is 0 Å². The summed E-state index contributed by atoms with van der Waals surface area (Å²) in [5, 5.41) is 1.28. The van der Waals surface area contributed by atoms with Gasteiger partial charge in [-0.3, -0.25) is 0 Å². The molecule has 1 nitrogen and oxygen atoms in total. The molecular weight excluding hydrogens is 139 g/mol. The molecule has 0 fully saturated rings. The van der Waals surface area contributed by atoms with Crippen LogP contribution in [0.5, 0.6) is 0 Å². The van der Waals surface area contributed by atoms with Crippen molar-refractivity contribution in [3.05, 3.63) is 0 Å². The van der Waals surface area contributed by atoms with E-state index >= 15 is 0 Å². The van der Waals surface area contributed by atoms with E-state index in [-0.39, 0.29) is 5.48 Å². The van der Waals surface area contributed by atoms with Gasteiger partial charge in [-0.05, 0) is 0 Å². The van der Waals surface area contributed by atoms with E-state index in [1.165, 1.54) is 43.8 Å². The van der Waals surface area contributed by atoms with Crippen LogP contribution in [0.2, 0.25) is 5.28 Å². The summed E-state index contributed by atoms with van der Waals surface area (Å²) in [5.41, 5.74) is 0. The SMILES string of the molecule is CCCCCCC[CH2][Al+2].[O-2]. The van der Waals surface area contributed by atoms with Crippen LogP contribution in [0, 0.1) is 0 Å². The Hall–Kier alpha value is 0.492. The van der Waals surface area contributed by atoms with Gasteiger partial charge in [0.1, 0.15) is 0 Å². The standard InChI is InChI=1S/C8H17.Al.O/c1-3-5-7-8-6-4-2;;/h1,3-8H2,2H3;;/q;+2;-2. The first-order chi connectivity index (χ1) is 4.41. The second kappa shape index (κ2) is 12.2. The molecule has 0 rings (SSSR count). The predicted molar refractivity (Wildman–Crippen MR) is 44.6 cm³/mol. The summed E-state index contributed by atoms with van der Waals surface area (Å²) in [6.07, 6.45) is 8.51. The Morgan fingerprint density at radius 1 is 0.900 bits per heavy atom. The van der Waals surface area contributed by atoms with Gasteiger partial charge in [0.05, 0.1) is 0 Å². The Morgan fingerprint density at radius 3 is 1.90 bits per heavy atom. The summed E-state index contributed by atoms with van der Waals surface area (Å²) in [4.78, 5) is 0. The molecule has 10 heavy (non-hydrogen) atoms. The Kier molecular flexibility index (Phi) is 16.0. The number of hydrogen-bond acceptors (Lipinski definition) is 0. The number of hydrogen-bond donors (Lipinski definition) is 0. The van der Waals surface area contributed by atoms with E-state index in [1.807, 2.05) is 0 Å². The normalized spacial score (nSPS) is 9.10. The van der Waals surface area contributed by atoms with Gasteiger partial charge in [-0.2, -0.15) is 0 Å². The van der Waals surface area contributed by atoms with Crippen LogP contribution in [0.25, 0.3) is 0 Å². The molecule has 0 unspecified atom stereocenters. The van der Waals surface area contributed by atoms with E-state index in [0.29, 0.717) is 0 Å². The van der Waals surface area contributed by atoms with Gasteiger partial charge in [0, 0.05) is 0 Å². The summed E-state index contributed by atoms with van der Waals surface area (Å²) in [6, 6.07) is 0. The third kappa shape index (κ3) is 11.3. The van der Waals surface area contributed by atoms with Gasteiger partial charge < -0.3 is 5.48 Å². The van der Waals surface area contributed by atoms with Crippen LogP contribution >= 0.6 is 0 Å². The quantitative estimate of drug-likeness (QED) is 0.418. The third-order valence-corrected chi connectivity index (χ3v) is 1.97. The molecule has 0 heterocycles. The first kappa shape index (κ1) is 13.1. The van der Waals surface area contributed by atoms with Gasteiger partial charge in [0.25, 0.3) is 0 Å². The maximum absolute atomic E-state index is 2.78. The second-order valence-electron chi connectivity index (χ2n) is 2.56. The van der Waals surface area contributed by atoms with Crippen molar-refractivity contribution in [2.45, 2.75) is 50.7 Å². The van der Waals surface area contributed by atoms with E-state index in [1.54, 1.807) is 0 Å². The van der Waals surface area contributed by atoms with E-state index in [9.17, 15) is 0 Å². The summed E-state index contributed by atoms with van der Waals surface area (Å²) in [6.45, 7) is 2.26. The van der Waals surface area contributed by atoms with Crippen LogP contribution in [0.4, 0.5) is 0 Å². The average molecular weight is 156 g/mol. The number of unbranched alkanes of at least 4 members (excludes halogenated alkanes) is 5. The average Bonchev–Trinajstić information content (AvgIpc) is 1.89. The van der Waals surface area contributed by atoms with E-state index < -0.39 is 0 Å². The molecule has 0 N–H and O–H groups in total. The Morgan fingerprint density at radius 2 is 1.40 bits per heavy atom. The molecule has 0 bridgehead atoms. The van der Waals surface area contributed by atoms with Gasteiger partial charge in [0.15, 0.2) is 0 Å². The molecule has 58 valence electrons. The van der Waals surface area contributed by atoms with Gasteiger partial charge >= 0.3 is 67.0 Å². The largest absolute Gasteiger partial charge is 2.00 e. The molecule has 0 saturated carbocycles. The van der Waals surface area contributed by atoms with Crippen molar-refractivity contribution in [3.63, 3.8) is 0 Å². The Labute approximate surface area is 72.9 Å². The summed E-state index contributed by atoms with van der Waals surface area (Å²) in [7, 11) is 0. The summed E-state index contributed by atoms with van der Waals surface area (Å²) >= 11 is 2.78. The fourth-order valence-electron chi connectivity index (χ4n) is 0.925. The van der Waals surface area contributed by atoms with Crippen LogP contribution in [-0.4, -0.2) is 16.3 Å². The van der Waals surface area contributed by atoms with Crippen molar-refractivity contribution < 1.29 is 5.48 Å². The zero-order valence-electron chi connectivity index (χ0n) is 6.94. The molecule has 2 heteroatoms. The monoisotopic (exact) mass is 156 g/mol. The van der Waals surface area contributed by atoms with E-state index in [2.05, 4.69) is 23.2 Å². The minimum atomic E-state index is 0. The smallest absolute Gasteiger partial charge is 2.00 e. The van der Waals surface area contributed by atoms with Crippen molar-refractivity contribution in [2.75, 3.05) is 0 Å². The van der Waals surface area contributed by atoms with Crippen molar-refractivity contribution in [1.29, 1.82) is 0 Å². The van der Waals surface area contributed by atoms with Crippen molar-refractivity contribution >= 4 is 16.3 Å². The van der Waals surface area contributed by atoms with Gasteiger partial charge in [-0.25, -0.2) is 0 Å². The molecule has 0 atom stereocenters. The first-order valence-corrected chi connectivity index (χ1v) is 4.93. The van der Waals surface area contributed by atoms with Gasteiger partial charge in [-0.1, -0.05) is 0 Å². The second-order valence-corrected chi connectivity index (χ2v) is 3.13. The fraction of sp³-hybridized carbons (Fsp3) is 1.00. The van der Waals surface area contributed by atoms with Crippen LogP contribution < -0.4 is 0 Å². The minimum Gasteiger partial charge on any atom is -2.00 e. The van der Waals surface area contributed by atoms with Crippen molar-refractivity contribution in [3.8, 4) is 0 Å². The maximum Gasteiger partial charge on any atom is -2.00 e. The maximum atomic E-state index is 2.78. The van der Waals surface area contributed by atoms with Crippen LogP contribution in [-0.2, 0) is 5.48 Å². The fourth-order valence-corrected chi connectivity index (χ4v) is 1.21. The third-order valence-electron chi connectivity index (χ3n) is 1.56. The Bertz CT molecular complexity index is 42.5. The van der Waals surface area contributed by atoms with Gasteiger partial charge in [0.2, 0.25) is 0 Å². The Balaban J connectivity index is 0. The predicted octanol–water partition coefficient (Wildman–Crippen LogP) is 2.81. The van der Waals surface area contributed by atoms with Crippen LogP contribution in [0.1, 0.15) is 45.4 Å². The topological polar surface area (TPSA) is 28.5 Å². The minimum absolute atomic E-state index is 0. The molecule has 0 aliphatic heterocycles. The molecule has 0 radical (unpaired) electrons. The van der Waals surface area contributed by atoms with Crippen LogP contribution in [0.15, 0.2) is 0 Å². The molecule has 0 saturated heterocycles. The van der Waals surface area contributed by atoms with E-state index in [4.69, 9.17) is 0 Å². The molecule has 0 aliphatic carbocycles. The molecule has 0 aromatic carbocycles. The van der Waals surface area contributed by atoms with Crippen LogP contribution in [0.3, 0.4) is 0 Å². The summed E-state index contributed by atoms with van der Waals surface area (Å²) in [5.74, 6) is 0. The first-order valence-electron chi connectivity index (χ1n) is 4.12. The molecule has 0 aromatic heterocycles. The zero-order valence-corrected chi connectivity index (χ0v) is 8.09. The number of rotatable bonds is 6. The molecular formula is C8H17AlO. The molecule has 0 amide bonds. The zero-order chi connectivity index (χ0) is 6.95. The van der Waals surface area contributed by atoms with E-state index in [0.717, 1.165) is 0 Å². The molecule has 0 aliphatic rings. The summed E-state index contributed by atoms with van der Waals surface area (Å²) < 4.78 is 0. The molecule has 0 spiro atoms. The van der Waals surface area contributed by atoms with Gasteiger partial charge in [-0.15, -0.1) is 0 Å².